The molecule has 13 nitrogen and oxygen atoms in total. The van der Waals surface area contributed by atoms with Gasteiger partial charge in [-0.2, -0.15) is 0 Å². The quantitative estimate of drug-likeness (QED) is 0.148. The van der Waals surface area contributed by atoms with Crippen molar-refractivity contribution in [3.05, 3.63) is 54.1 Å². The van der Waals surface area contributed by atoms with Crippen molar-refractivity contribution >= 4 is 23.7 Å². The van der Waals surface area contributed by atoms with Gasteiger partial charge in [-0.25, -0.2) is 9.78 Å². The Kier molecular flexibility index (Phi) is 10.3. The van der Waals surface area contributed by atoms with Crippen molar-refractivity contribution in [1.82, 2.24) is 25.9 Å². The first-order valence-corrected chi connectivity index (χ1v) is 10.8. The molecule has 2 rings (SSSR count). The van der Waals surface area contributed by atoms with Crippen molar-refractivity contribution in [3.8, 4) is 0 Å². The van der Waals surface area contributed by atoms with Crippen LogP contribution in [0.5, 0.6) is 0 Å². The van der Waals surface area contributed by atoms with Crippen LogP contribution in [0.2, 0.25) is 0 Å². The van der Waals surface area contributed by atoms with Crippen LogP contribution in [0.4, 0.5) is 0 Å². The van der Waals surface area contributed by atoms with Crippen LogP contribution in [-0.2, 0) is 32.0 Å². The molecule has 35 heavy (non-hydrogen) atoms. The van der Waals surface area contributed by atoms with Gasteiger partial charge < -0.3 is 42.0 Å². The van der Waals surface area contributed by atoms with Crippen LogP contribution in [-0.4, -0.2) is 85.9 Å². The molecule has 5 unspecified atom stereocenters. The molecule has 1 aromatic heterocycles. The first-order chi connectivity index (χ1) is 16.6. The van der Waals surface area contributed by atoms with Crippen molar-refractivity contribution in [3.63, 3.8) is 0 Å². The van der Waals surface area contributed by atoms with E-state index in [1.54, 1.807) is 24.3 Å². The zero-order valence-corrected chi connectivity index (χ0v) is 19.0. The number of rotatable bonds is 13. The molecule has 0 saturated heterocycles. The van der Waals surface area contributed by atoms with Crippen LogP contribution >= 0.6 is 0 Å². The van der Waals surface area contributed by atoms with E-state index in [-0.39, 0.29) is 12.8 Å². The van der Waals surface area contributed by atoms with Gasteiger partial charge in [-0.15, -0.1) is 0 Å². The van der Waals surface area contributed by atoms with Gasteiger partial charge in [-0.1, -0.05) is 30.3 Å². The molecule has 0 fully saturated rings. The molecule has 0 aliphatic heterocycles. The minimum Gasteiger partial charge on any atom is -0.480 e. The number of nitrogens with two attached hydrogens (primary N) is 1. The van der Waals surface area contributed by atoms with Crippen LogP contribution in [0.25, 0.3) is 0 Å². The van der Waals surface area contributed by atoms with Crippen LogP contribution in [0.1, 0.15) is 18.2 Å². The van der Waals surface area contributed by atoms with Crippen molar-refractivity contribution in [2.75, 3.05) is 6.61 Å². The number of nitrogens with one attached hydrogen (secondary N) is 4. The van der Waals surface area contributed by atoms with Crippen molar-refractivity contribution in [2.45, 2.75) is 50.0 Å². The lowest BCUT2D eigenvalue weighted by Gasteiger charge is -2.25. The standard InChI is InChI=1S/C22H30N6O7/c1-12(30)18(28-19(31)15(23)7-13-5-3-2-4-6-13)21(33)27-17(10-29)20(32)26-16(22(34)35)8-14-9-24-11-25-14/h2-6,9,11-12,15-18,29-30H,7-8,10,23H2,1H3,(H,24,25)(H,26,32)(H,27,33)(H,28,31)(H,34,35). The second kappa shape index (κ2) is 13.2. The Balaban J connectivity index is 1.99. The Morgan fingerprint density at radius 2 is 1.66 bits per heavy atom. The number of carbonyl (C=O) groups excluding carboxylic acids is 3. The zero-order valence-electron chi connectivity index (χ0n) is 19.0. The summed E-state index contributed by atoms with van der Waals surface area (Å²) in [4.78, 5) is 55.7. The first-order valence-electron chi connectivity index (χ1n) is 10.8. The number of aromatic amines is 1. The summed E-state index contributed by atoms with van der Waals surface area (Å²) in [6, 6.07) is 3.56. The summed E-state index contributed by atoms with van der Waals surface area (Å²) in [6.07, 6.45) is 1.46. The Bertz CT molecular complexity index is 983. The van der Waals surface area contributed by atoms with Gasteiger partial charge in [0.25, 0.3) is 0 Å². The molecule has 0 aliphatic rings. The molecule has 0 aliphatic carbocycles. The SMILES string of the molecule is CC(O)C(NC(=O)C(N)Cc1ccccc1)C(=O)NC(CO)C(=O)NC(Cc1cnc[nH]1)C(=O)O. The zero-order chi connectivity index (χ0) is 26.0. The predicted molar refractivity (Wildman–Crippen MR) is 123 cm³/mol. The monoisotopic (exact) mass is 490 g/mol. The molecule has 3 amide bonds. The molecule has 1 aromatic carbocycles. The Morgan fingerprint density at radius 3 is 2.20 bits per heavy atom. The van der Waals surface area contributed by atoms with Gasteiger partial charge in [0, 0.05) is 18.3 Å². The minimum atomic E-state index is -1.54. The average molecular weight is 491 g/mol. The van der Waals surface area contributed by atoms with Gasteiger partial charge >= 0.3 is 5.97 Å². The van der Waals surface area contributed by atoms with E-state index in [0.29, 0.717) is 5.69 Å². The maximum Gasteiger partial charge on any atom is 0.326 e. The summed E-state index contributed by atoms with van der Waals surface area (Å²) in [5, 5.41) is 35.8. The van der Waals surface area contributed by atoms with E-state index in [1.165, 1.54) is 19.4 Å². The molecule has 1 heterocycles. The molecule has 0 bridgehead atoms. The number of aliphatic hydroxyl groups excluding tert-OH is 2. The second-order valence-electron chi connectivity index (χ2n) is 7.95. The number of carbonyl (C=O) groups is 4. The molecule has 5 atom stereocenters. The van der Waals surface area contributed by atoms with Crippen LogP contribution in [0, 0.1) is 0 Å². The number of H-pyrrole nitrogens is 1. The molecule has 0 radical (unpaired) electrons. The molecular formula is C22H30N6O7. The maximum absolute atomic E-state index is 12.7. The number of nitrogens with zero attached hydrogens (tertiary/aromatic N) is 1. The van der Waals surface area contributed by atoms with E-state index in [2.05, 4.69) is 25.9 Å². The third-order valence-electron chi connectivity index (χ3n) is 5.11. The highest BCUT2D eigenvalue weighted by Crippen LogP contribution is 2.04. The number of amides is 3. The number of hydrogen-bond acceptors (Lipinski definition) is 8. The van der Waals surface area contributed by atoms with Crippen LogP contribution in [0.3, 0.4) is 0 Å². The summed E-state index contributed by atoms with van der Waals surface area (Å²) in [5.74, 6) is -3.97. The predicted octanol–water partition coefficient (Wildman–Crippen LogP) is -2.57. The average Bonchev–Trinajstić information content (AvgIpc) is 3.33. The van der Waals surface area contributed by atoms with Gasteiger partial charge in [-0.05, 0) is 18.9 Å². The number of carboxylic acids is 1. The molecule has 0 saturated carbocycles. The largest absolute Gasteiger partial charge is 0.480 e. The third kappa shape index (κ3) is 8.48. The highest BCUT2D eigenvalue weighted by molar-refractivity contribution is 5.94. The topological polar surface area (TPSA) is 220 Å². The number of aromatic nitrogens is 2. The van der Waals surface area contributed by atoms with Gasteiger partial charge in [0.2, 0.25) is 17.7 Å². The van der Waals surface area contributed by atoms with Gasteiger partial charge in [-0.3, -0.25) is 14.4 Å². The van der Waals surface area contributed by atoms with Gasteiger partial charge in [0.1, 0.15) is 18.1 Å². The van der Waals surface area contributed by atoms with Crippen LogP contribution in [0.15, 0.2) is 42.9 Å². The Hall–Kier alpha value is -3.81. The lowest BCUT2D eigenvalue weighted by atomic mass is 10.0. The number of imidazole rings is 1. The summed E-state index contributed by atoms with van der Waals surface area (Å²) in [7, 11) is 0. The fraction of sp³-hybridized carbons (Fsp3) is 0.409. The molecule has 190 valence electrons. The fourth-order valence-corrected chi connectivity index (χ4v) is 3.17. The molecular weight excluding hydrogens is 460 g/mol. The van der Waals surface area contributed by atoms with Gasteiger partial charge in [0.05, 0.1) is 25.1 Å². The number of carboxylic acid groups (broad SMARTS) is 1. The van der Waals surface area contributed by atoms with Crippen molar-refractivity contribution in [1.29, 1.82) is 0 Å². The molecule has 0 spiro atoms. The van der Waals surface area contributed by atoms with E-state index in [0.717, 1.165) is 5.56 Å². The highest BCUT2D eigenvalue weighted by atomic mass is 16.4. The number of aliphatic hydroxyl groups is 2. The van der Waals surface area contributed by atoms with Crippen LogP contribution < -0.4 is 21.7 Å². The Morgan fingerprint density at radius 1 is 1.00 bits per heavy atom. The lowest BCUT2D eigenvalue weighted by molar-refractivity contribution is -0.142. The van der Waals surface area contributed by atoms with E-state index >= 15 is 0 Å². The van der Waals surface area contributed by atoms with Gasteiger partial charge in [0.15, 0.2) is 0 Å². The molecule has 13 heteroatoms. The maximum atomic E-state index is 12.7. The lowest BCUT2D eigenvalue weighted by Crippen LogP contribution is -2.60. The minimum absolute atomic E-state index is 0.112. The number of aliphatic carboxylic acids is 1. The van der Waals surface area contributed by atoms with Crippen molar-refractivity contribution in [2.24, 2.45) is 5.73 Å². The van der Waals surface area contributed by atoms with Crippen molar-refractivity contribution < 1.29 is 34.5 Å². The Labute approximate surface area is 201 Å². The summed E-state index contributed by atoms with van der Waals surface area (Å²) < 4.78 is 0. The van der Waals surface area contributed by atoms with E-state index in [9.17, 15) is 34.5 Å². The van der Waals surface area contributed by atoms with E-state index in [4.69, 9.17) is 5.73 Å². The molecule has 2 aromatic rings. The summed E-state index contributed by atoms with van der Waals surface area (Å²) in [5.41, 5.74) is 7.17. The summed E-state index contributed by atoms with van der Waals surface area (Å²) >= 11 is 0. The first kappa shape index (κ1) is 27.4. The number of benzene rings is 1. The summed E-state index contributed by atoms with van der Waals surface area (Å²) in [6.45, 7) is 0.397. The normalized spacial score (nSPS) is 15.2. The third-order valence-corrected chi connectivity index (χ3v) is 5.11. The highest BCUT2D eigenvalue weighted by Gasteiger charge is 2.32. The smallest absolute Gasteiger partial charge is 0.326 e. The van der Waals surface area contributed by atoms with E-state index < -0.39 is 60.6 Å². The fourth-order valence-electron chi connectivity index (χ4n) is 3.17. The number of hydrogen-bond donors (Lipinski definition) is 8. The second-order valence-corrected chi connectivity index (χ2v) is 7.95. The van der Waals surface area contributed by atoms with E-state index in [1.807, 2.05) is 6.07 Å². The molecule has 9 N–H and O–H groups in total.